The van der Waals surface area contributed by atoms with Gasteiger partial charge in [-0.2, -0.15) is 0 Å². The summed E-state index contributed by atoms with van der Waals surface area (Å²) in [7, 11) is 1.74. The van der Waals surface area contributed by atoms with Crippen molar-refractivity contribution in [2.75, 3.05) is 20.3 Å². The first-order valence-corrected chi connectivity index (χ1v) is 11.6. The molecule has 1 fully saturated rings. The fourth-order valence-corrected chi connectivity index (χ4v) is 5.27. The van der Waals surface area contributed by atoms with Crippen molar-refractivity contribution in [3.8, 4) is 0 Å². The van der Waals surface area contributed by atoms with Gasteiger partial charge in [0.05, 0.1) is 17.9 Å². The summed E-state index contributed by atoms with van der Waals surface area (Å²) in [5.41, 5.74) is 4.48. The van der Waals surface area contributed by atoms with Gasteiger partial charge in [0.2, 0.25) is 0 Å². The van der Waals surface area contributed by atoms with Gasteiger partial charge in [0.25, 0.3) is 5.56 Å². The van der Waals surface area contributed by atoms with Gasteiger partial charge in [-0.05, 0) is 24.5 Å². The minimum Gasteiger partial charge on any atom is -0.383 e. The summed E-state index contributed by atoms with van der Waals surface area (Å²) in [6.45, 7) is 3.97. The van der Waals surface area contributed by atoms with E-state index in [0.717, 1.165) is 56.0 Å². The molecular formula is C25H32N4O2. The molecule has 0 radical (unpaired) electrons. The minimum atomic E-state index is 0.0674. The number of aromatic nitrogens is 3. The van der Waals surface area contributed by atoms with Crippen LogP contribution in [0.5, 0.6) is 0 Å². The lowest BCUT2D eigenvalue weighted by atomic mass is 9.88. The van der Waals surface area contributed by atoms with E-state index >= 15 is 0 Å². The number of ether oxygens (including phenoxy) is 1. The van der Waals surface area contributed by atoms with Gasteiger partial charge in [0, 0.05) is 62.7 Å². The van der Waals surface area contributed by atoms with E-state index in [1.54, 1.807) is 7.11 Å². The number of fused-ring (bicyclic) bond motifs is 2. The van der Waals surface area contributed by atoms with E-state index in [1.165, 1.54) is 35.7 Å². The highest BCUT2D eigenvalue weighted by Gasteiger charge is 2.25. The zero-order valence-corrected chi connectivity index (χ0v) is 18.4. The quantitative estimate of drug-likeness (QED) is 0.655. The zero-order valence-electron chi connectivity index (χ0n) is 18.4. The molecule has 0 spiro atoms. The van der Waals surface area contributed by atoms with Gasteiger partial charge in [0.1, 0.15) is 5.82 Å². The summed E-state index contributed by atoms with van der Waals surface area (Å²) in [6, 6.07) is 8.54. The number of nitrogens with one attached hydrogen (secondary N) is 1. The first-order valence-electron chi connectivity index (χ1n) is 11.6. The fraction of sp³-hybridized carbons (Fsp3) is 0.520. The van der Waals surface area contributed by atoms with Crippen LogP contribution in [0, 0.1) is 0 Å². The maximum atomic E-state index is 12.9. The molecule has 3 aromatic rings. The molecule has 3 heterocycles. The highest BCUT2D eigenvalue weighted by molar-refractivity contribution is 5.83. The Morgan fingerprint density at radius 3 is 2.87 bits per heavy atom. The molecule has 6 nitrogen and oxygen atoms in total. The van der Waals surface area contributed by atoms with Crippen LogP contribution in [0.25, 0.3) is 10.9 Å². The second-order valence-electron chi connectivity index (χ2n) is 9.03. The van der Waals surface area contributed by atoms with Crippen LogP contribution in [-0.2, 0) is 30.8 Å². The zero-order chi connectivity index (χ0) is 21.2. The number of aromatic amines is 1. The molecule has 0 atom stereocenters. The Kier molecular flexibility index (Phi) is 5.92. The maximum absolute atomic E-state index is 12.9. The Morgan fingerprint density at radius 2 is 2.03 bits per heavy atom. The molecule has 0 saturated heterocycles. The number of rotatable bonds is 6. The average molecular weight is 421 g/mol. The van der Waals surface area contributed by atoms with E-state index in [2.05, 4.69) is 44.9 Å². The third kappa shape index (κ3) is 4.19. The van der Waals surface area contributed by atoms with Gasteiger partial charge in [-0.3, -0.25) is 9.69 Å². The van der Waals surface area contributed by atoms with Crippen molar-refractivity contribution in [3.05, 3.63) is 63.5 Å². The predicted molar refractivity (Wildman–Crippen MR) is 122 cm³/mol. The van der Waals surface area contributed by atoms with Crippen LogP contribution in [-0.4, -0.2) is 39.7 Å². The smallest absolute Gasteiger partial charge is 0.255 e. The number of methoxy groups -OCH3 is 1. The van der Waals surface area contributed by atoms with E-state index in [-0.39, 0.29) is 5.56 Å². The van der Waals surface area contributed by atoms with Crippen LogP contribution in [0.15, 0.2) is 35.3 Å². The average Bonchev–Trinajstić information content (AvgIpc) is 3.16. The number of hydrogen-bond acceptors (Lipinski definition) is 4. The van der Waals surface area contributed by atoms with E-state index in [4.69, 9.17) is 9.72 Å². The third-order valence-electron chi connectivity index (χ3n) is 6.96. The van der Waals surface area contributed by atoms with Crippen molar-refractivity contribution >= 4 is 10.9 Å². The number of benzene rings is 1. The monoisotopic (exact) mass is 420 g/mol. The van der Waals surface area contributed by atoms with Crippen LogP contribution in [0.1, 0.15) is 60.7 Å². The minimum absolute atomic E-state index is 0.0674. The third-order valence-corrected chi connectivity index (χ3v) is 6.96. The molecule has 0 amide bonds. The normalized spacial score (nSPS) is 17.8. The molecule has 164 valence electrons. The molecule has 1 N–H and O–H groups in total. The Labute approximate surface area is 183 Å². The van der Waals surface area contributed by atoms with Crippen LogP contribution in [0.4, 0.5) is 0 Å². The van der Waals surface area contributed by atoms with E-state index < -0.39 is 0 Å². The molecule has 5 rings (SSSR count). The molecule has 6 heteroatoms. The summed E-state index contributed by atoms with van der Waals surface area (Å²) in [4.78, 5) is 23.4. The van der Waals surface area contributed by atoms with Crippen molar-refractivity contribution in [3.63, 3.8) is 0 Å². The molecule has 1 aromatic carbocycles. The van der Waals surface area contributed by atoms with Crippen LogP contribution in [0.2, 0.25) is 0 Å². The van der Waals surface area contributed by atoms with Crippen molar-refractivity contribution in [2.45, 2.75) is 64.1 Å². The standard InChI is InChI=1S/C25H32N4O2/c1-31-14-13-29-16-19(20-9-5-6-10-23(20)29)15-28-12-11-22-21(17-28)25(30)27-24(26-22)18-7-3-2-4-8-18/h5-6,9-10,16,18H,2-4,7-8,11-15,17H2,1H3,(H,26,27,30). The Morgan fingerprint density at radius 1 is 1.19 bits per heavy atom. The molecule has 1 saturated carbocycles. The molecule has 1 aliphatic heterocycles. The first-order chi connectivity index (χ1) is 15.2. The second-order valence-corrected chi connectivity index (χ2v) is 9.03. The highest BCUT2D eigenvalue weighted by Crippen LogP contribution is 2.31. The SMILES string of the molecule is COCCn1cc(CN2CCc3nc(C4CCCCC4)[nH]c(=O)c3C2)c2ccccc21. The number of nitrogens with zero attached hydrogens (tertiary/aromatic N) is 3. The predicted octanol–water partition coefficient (Wildman–Crippen LogP) is 3.98. The van der Waals surface area contributed by atoms with Crippen LogP contribution >= 0.6 is 0 Å². The molecule has 0 bridgehead atoms. The lowest BCUT2D eigenvalue weighted by Crippen LogP contribution is -2.36. The lowest BCUT2D eigenvalue weighted by molar-refractivity contribution is 0.188. The van der Waals surface area contributed by atoms with E-state index in [9.17, 15) is 4.79 Å². The molecule has 2 aromatic heterocycles. The first kappa shape index (κ1) is 20.5. The van der Waals surface area contributed by atoms with Crippen molar-refractivity contribution < 1.29 is 4.74 Å². The van der Waals surface area contributed by atoms with E-state index in [1.807, 2.05) is 0 Å². The highest BCUT2D eigenvalue weighted by atomic mass is 16.5. The topological polar surface area (TPSA) is 63.1 Å². The number of H-pyrrole nitrogens is 1. The molecule has 0 unspecified atom stereocenters. The van der Waals surface area contributed by atoms with Gasteiger partial charge in [0.15, 0.2) is 0 Å². The van der Waals surface area contributed by atoms with Gasteiger partial charge in [-0.1, -0.05) is 37.5 Å². The Bertz CT molecular complexity index is 1110. The van der Waals surface area contributed by atoms with Crippen molar-refractivity contribution in [1.82, 2.24) is 19.4 Å². The largest absolute Gasteiger partial charge is 0.383 e. The van der Waals surface area contributed by atoms with Gasteiger partial charge < -0.3 is 14.3 Å². The van der Waals surface area contributed by atoms with Crippen molar-refractivity contribution in [2.24, 2.45) is 0 Å². The molecule has 1 aliphatic carbocycles. The second kappa shape index (κ2) is 8.97. The Balaban J connectivity index is 1.36. The maximum Gasteiger partial charge on any atom is 0.255 e. The number of hydrogen-bond donors (Lipinski definition) is 1. The number of para-hydroxylation sites is 1. The van der Waals surface area contributed by atoms with Gasteiger partial charge in [-0.15, -0.1) is 0 Å². The summed E-state index contributed by atoms with van der Waals surface area (Å²) >= 11 is 0. The summed E-state index contributed by atoms with van der Waals surface area (Å²) in [5, 5.41) is 1.28. The van der Waals surface area contributed by atoms with Crippen LogP contribution < -0.4 is 5.56 Å². The van der Waals surface area contributed by atoms with Crippen molar-refractivity contribution in [1.29, 1.82) is 0 Å². The fourth-order valence-electron chi connectivity index (χ4n) is 5.27. The summed E-state index contributed by atoms with van der Waals surface area (Å²) in [6.07, 6.45) is 9.20. The summed E-state index contributed by atoms with van der Waals surface area (Å²) in [5.74, 6) is 1.36. The molecular weight excluding hydrogens is 388 g/mol. The van der Waals surface area contributed by atoms with Gasteiger partial charge in [-0.25, -0.2) is 4.98 Å². The molecule has 2 aliphatic rings. The Hall–Kier alpha value is -2.44. The molecule has 31 heavy (non-hydrogen) atoms. The summed E-state index contributed by atoms with van der Waals surface area (Å²) < 4.78 is 7.56. The van der Waals surface area contributed by atoms with E-state index in [0.29, 0.717) is 19.1 Å². The van der Waals surface area contributed by atoms with Gasteiger partial charge >= 0.3 is 0 Å². The lowest BCUT2D eigenvalue weighted by Gasteiger charge is -2.28. The van der Waals surface area contributed by atoms with Crippen LogP contribution in [0.3, 0.4) is 0 Å².